The first-order valence-corrected chi connectivity index (χ1v) is 8.12. The molecular formula is C18H19N5O4. The second-order valence-corrected chi connectivity index (χ2v) is 5.76. The van der Waals surface area contributed by atoms with Gasteiger partial charge in [0.25, 0.3) is 0 Å². The zero-order chi connectivity index (χ0) is 19.2. The van der Waals surface area contributed by atoms with E-state index in [1.54, 1.807) is 25.1 Å². The van der Waals surface area contributed by atoms with Crippen molar-refractivity contribution in [1.29, 1.82) is 0 Å². The molecule has 0 unspecified atom stereocenters. The Kier molecular flexibility index (Phi) is 5.50. The number of benzene rings is 1. The van der Waals surface area contributed by atoms with Gasteiger partial charge in [-0.3, -0.25) is 0 Å². The highest BCUT2D eigenvalue weighted by atomic mass is 16.5. The van der Waals surface area contributed by atoms with Crippen LogP contribution in [0.1, 0.15) is 21.9 Å². The molecule has 0 saturated heterocycles. The van der Waals surface area contributed by atoms with Crippen molar-refractivity contribution < 1.29 is 18.7 Å². The molecule has 0 radical (unpaired) electrons. The highest BCUT2D eigenvalue weighted by Gasteiger charge is 2.18. The lowest BCUT2D eigenvalue weighted by atomic mass is 10.2. The van der Waals surface area contributed by atoms with Crippen molar-refractivity contribution in [2.45, 2.75) is 13.2 Å². The number of anilines is 2. The third-order valence-corrected chi connectivity index (χ3v) is 3.49. The summed E-state index contributed by atoms with van der Waals surface area (Å²) >= 11 is 0. The number of ether oxygens (including phenoxy) is 2. The monoisotopic (exact) mass is 369 g/mol. The van der Waals surface area contributed by atoms with Gasteiger partial charge in [-0.25, -0.2) is 4.79 Å². The zero-order valence-corrected chi connectivity index (χ0v) is 15.0. The number of carbonyl (C=O) groups is 1. The molecule has 27 heavy (non-hydrogen) atoms. The fourth-order valence-electron chi connectivity index (χ4n) is 2.19. The summed E-state index contributed by atoms with van der Waals surface area (Å²) in [7, 11) is 3.54. The van der Waals surface area contributed by atoms with Crippen molar-refractivity contribution in [2.24, 2.45) is 0 Å². The third-order valence-electron chi connectivity index (χ3n) is 3.49. The highest BCUT2D eigenvalue weighted by molar-refractivity contribution is 5.87. The van der Waals surface area contributed by atoms with E-state index < -0.39 is 5.97 Å². The van der Waals surface area contributed by atoms with Gasteiger partial charge in [0.1, 0.15) is 12.4 Å². The van der Waals surface area contributed by atoms with Crippen LogP contribution in [0.25, 0.3) is 0 Å². The Bertz CT molecular complexity index is 911. The first kappa shape index (κ1) is 18.2. The number of nitrogens with two attached hydrogens (primary N) is 1. The molecule has 0 aliphatic heterocycles. The Morgan fingerprint density at radius 2 is 1.89 bits per heavy atom. The van der Waals surface area contributed by atoms with Gasteiger partial charge in [0, 0.05) is 19.7 Å². The Morgan fingerprint density at radius 3 is 2.63 bits per heavy atom. The van der Waals surface area contributed by atoms with Crippen molar-refractivity contribution in [2.75, 3.05) is 24.7 Å². The Labute approximate surface area is 155 Å². The number of furan rings is 1. The van der Waals surface area contributed by atoms with Crippen LogP contribution in [-0.4, -0.2) is 35.0 Å². The Morgan fingerprint density at radius 1 is 1.11 bits per heavy atom. The van der Waals surface area contributed by atoms with E-state index in [0.29, 0.717) is 17.3 Å². The van der Waals surface area contributed by atoms with Gasteiger partial charge in [0.15, 0.2) is 12.4 Å². The van der Waals surface area contributed by atoms with E-state index in [2.05, 4.69) is 15.0 Å². The van der Waals surface area contributed by atoms with Gasteiger partial charge in [-0.2, -0.15) is 15.0 Å². The van der Waals surface area contributed by atoms with Gasteiger partial charge in [-0.05, 0) is 18.2 Å². The smallest absolute Gasteiger partial charge is 0.375 e. The van der Waals surface area contributed by atoms with Crippen LogP contribution >= 0.6 is 0 Å². The van der Waals surface area contributed by atoms with Crippen LogP contribution in [-0.2, 0) is 18.0 Å². The lowest BCUT2D eigenvalue weighted by Gasteiger charge is -2.11. The first-order chi connectivity index (χ1) is 13.0. The van der Waals surface area contributed by atoms with Crippen LogP contribution in [0.3, 0.4) is 0 Å². The quantitative estimate of drug-likeness (QED) is 0.624. The summed E-state index contributed by atoms with van der Waals surface area (Å²) in [4.78, 5) is 26.1. The zero-order valence-electron chi connectivity index (χ0n) is 15.0. The van der Waals surface area contributed by atoms with E-state index in [1.165, 1.54) is 6.26 Å². The first-order valence-electron chi connectivity index (χ1n) is 8.12. The van der Waals surface area contributed by atoms with E-state index in [1.807, 2.05) is 30.3 Å². The lowest BCUT2D eigenvalue weighted by Crippen LogP contribution is -2.17. The second-order valence-electron chi connectivity index (χ2n) is 5.76. The number of hydrogen-bond acceptors (Lipinski definition) is 9. The van der Waals surface area contributed by atoms with E-state index in [0.717, 1.165) is 0 Å². The summed E-state index contributed by atoms with van der Waals surface area (Å²) in [5.74, 6) is 0.791. The summed E-state index contributed by atoms with van der Waals surface area (Å²) in [6.45, 7) is 0.0144. The molecule has 0 aliphatic rings. The minimum atomic E-state index is -0.642. The standard InChI is InChI=1S/C18H19N5O4/c1-23(2)18-21-14(20-17(19)22-18)11-27-16(24)15-12(8-9-25-15)10-26-13-6-4-3-5-7-13/h3-9H,10-11H2,1-2H3,(H2,19,20,21,22). The number of aromatic nitrogens is 3. The van der Waals surface area contributed by atoms with Gasteiger partial charge >= 0.3 is 5.97 Å². The number of nitrogen functional groups attached to an aromatic ring is 1. The molecule has 0 spiro atoms. The van der Waals surface area contributed by atoms with Crippen molar-refractivity contribution in [3.05, 3.63) is 59.8 Å². The lowest BCUT2D eigenvalue weighted by molar-refractivity contribution is 0.0421. The number of carbonyl (C=O) groups excluding carboxylic acids is 1. The second kappa shape index (κ2) is 8.17. The van der Waals surface area contributed by atoms with Crippen LogP contribution in [0.4, 0.5) is 11.9 Å². The maximum Gasteiger partial charge on any atom is 0.375 e. The largest absolute Gasteiger partial charge is 0.489 e. The van der Waals surface area contributed by atoms with Crippen LogP contribution in [0.5, 0.6) is 5.75 Å². The SMILES string of the molecule is CN(C)c1nc(N)nc(COC(=O)c2occc2COc2ccccc2)n1. The minimum Gasteiger partial charge on any atom is -0.489 e. The number of esters is 1. The molecule has 0 fully saturated rings. The van der Waals surface area contributed by atoms with Gasteiger partial charge in [-0.15, -0.1) is 0 Å². The molecule has 0 atom stereocenters. The predicted molar refractivity (Wildman–Crippen MR) is 97.2 cm³/mol. The van der Waals surface area contributed by atoms with Crippen LogP contribution in [0.2, 0.25) is 0 Å². The highest BCUT2D eigenvalue weighted by Crippen LogP contribution is 2.17. The Hall–Kier alpha value is -3.62. The number of nitrogens with zero attached hydrogens (tertiary/aromatic N) is 4. The summed E-state index contributed by atoms with van der Waals surface area (Å²) in [5.41, 5.74) is 6.23. The fourth-order valence-corrected chi connectivity index (χ4v) is 2.19. The number of para-hydroxylation sites is 1. The average molecular weight is 369 g/mol. The molecule has 140 valence electrons. The van der Waals surface area contributed by atoms with Crippen molar-refractivity contribution in [3.8, 4) is 5.75 Å². The fraction of sp³-hybridized carbons (Fsp3) is 0.222. The number of rotatable bonds is 7. The maximum absolute atomic E-state index is 12.3. The molecule has 3 rings (SSSR count). The molecule has 2 aromatic heterocycles. The molecule has 0 amide bonds. The molecule has 0 bridgehead atoms. The summed E-state index contributed by atoms with van der Waals surface area (Å²) in [6.07, 6.45) is 1.41. The summed E-state index contributed by atoms with van der Waals surface area (Å²) in [5, 5.41) is 0. The molecule has 1 aromatic carbocycles. The van der Waals surface area contributed by atoms with E-state index in [-0.39, 0.29) is 30.7 Å². The molecule has 9 nitrogen and oxygen atoms in total. The molecular weight excluding hydrogens is 350 g/mol. The molecule has 3 aromatic rings. The topological polar surface area (TPSA) is 117 Å². The molecule has 0 saturated carbocycles. The van der Waals surface area contributed by atoms with Gasteiger partial charge in [0.2, 0.25) is 17.7 Å². The third kappa shape index (κ3) is 4.72. The van der Waals surface area contributed by atoms with Crippen LogP contribution < -0.4 is 15.4 Å². The van der Waals surface area contributed by atoms with Crippen molar-refractivity contribution >= 4 is 17.9 Å². The molecule has 0 aliphatic carbocycles. The molecule has 9 heteroatoms. The molecule has 2 N–H and O–H groups in total. The van der Waals surface area contributed by atoms with Crippen molar-refractivity contribution in [1.82, 2.24) is 15.0 Å². The summed E-state index contributed by atoms with van der Waals surface area (Å²) in [6, 6.07) is 10.9. The van der Waals surface area contributed by atoms with Crippen LogP contribution in [0.15, 0.2) is 47.1 Å². The molecule has 2 heterocycles. The average Bonchev–Trinajstić information content (AvgIpc) is 3.13. The normalized spacial score (nSPS) is 10.4. The minimum absolute atomic E-state index is 0.0506. The van der Waals surface area contributed by atoms with Crippen LogP contribution in [0, 0.1) is 0 Å². The Balaban J connectivity index is 1.63. The van der Waals surface area contributed by atoms with E-state index in [9.17, 15) is 4.79 Å². The van der Waals surface area contributed by atoms with Gasteiger partial charge < -0.3 is 24.5 Å². The van der Waals surface area contributed by atoms with Crippen molar-refractivity contribution in [3.63, 3.8) is 0 Å². The van der Waals surface area contributed by atoms with Gasteiger partial charge in [-0.1, -0.05) is 18.2 Å². The van der Waals surface area contributed by atoms with Gasteiger partial charge in [0.05, 0.1) is 6.26 Å². The number of hydrogen-bond donors (Lipinski definition) is 1. The van der Waals surface area contributed by atoms with E-state index in [4.69, 9.17) is 19.6 Å². The predicted octanol–water partition coefficient (Wildman–Crippen LogP) is 2.05. The summed E-state index contributed by atoms with van der Waals surface area (Å²) < 4.78 is 16.1. The van der Waals surface area contributed by atoms with E-state index >= 15 is 0 Å². The maximum atomic E-state index is 12.3.